The molecule has 0 radical (unpaired) electrons. The SMILES string of the molecule is CCOCCn1c(=NC(=O)CCOc2ccccc2)sc2cccc(OCC)c21. The lowest BCUT2D eigenvalue weighted by Crippen LogP contribution is -2.20. The van der Waals surface area contributed by atoms with Crippen LogP contribution in [-0.2, 0) is 16.1 Å². The van der Waals surface area contributed by atoms with Crippen LogP contribution in [0.4, 0.5) is 0 Å². The van der Waals surface area contributed by atoms with Crippen LogP contribution in [0.5, 0.6) is 11.5 Å². The molecular weight excluding hydrogens is 388 g/mol. The number of para-hydroxylation sites is 2. The van der Waals surface area contributed by atoms with Crippen molar-refractivity contribution in [2.75, 3.05) is 26.4 Å². The molecule has 0 aliphatic heterocycles. The van der Waals surface area contributed by atoms with Crippen LogP contribution >= 0.6 is 11.3 Å². The Kier molecular flexibility index (Phi) is 7.84. The number of thiazole rings is 1. The largest absolute Gasteiger partial charge is 0.493 e. The van der Waals surface area contributed by atoms with Crippen LogP contribution in [0, 0.1) is 0 Å². The van der Waals surface area contributed by atoms with Gasteiger partial charge in [0.1, 0.15) is 17.0 Å². The van der Waals surface area contributed by atoms with E-state index in [0.29, 0.717) is 37.8 Å². The molecule has 0 atom stereocenters. The van der Waals surface area contributed by atoms with Gasteiger partial charge in [-0.3, -0.25) is 4.79 Å². The zero-order valence-electron chi connectivity index (χ0n) is 16.8. The summed E-state index contributed by atoms with van der Waals surface area (Å²) in [5, 5.41) is 0. The molecule has 0 fully saturated rings. The molecule has 0 spiro atoms. The number of aromatic nitrogens is 1. The first kappa shape index (κ1) is 21.1. The van der Waals surface area contributed by atoms with E-state index in [-0.39, 0.29) is 12.3 Å². The molecule has 1 heterocycles. The second-order valence-electron chi connectivity index (χ2n) is 6.19. The predicted octanol–water partition coefficient (Wildman–Crippen LogP) is 4.03. The second-order valence-corrected chi connectivity index (χ2v) is 7.20. The van der Waals surface area contributed by atoms with Gasteiger partial charge in [-0.15, -0.1) is 0 Å². The van der Waals surface area contributed by atoms with Gasteiger partial charge in [0.25, 0.3) is 5.91 Å². The van der Waals surface area contributed by atoms with E-state index in [4.69, 9.17) is 14.2 Å². The van der Waals surface area contributed by atoms with Gasteiger partial charge in [-0.05, 0) is 38.1 Å². The van der Waals surface area contributed by atoms with Gasteiger partial charge in [0.05, 0.1) is 30.9 Å². The van der Waals surface area contributed by atoms with E-state index >= 15 is 0 Å². The van der Waals surface area contributed by atoms with E-state index in [1.807, 2.05) is 66.9 Å². The summed E-state index contributed by atoms with van der Waals surface area (Å²) in [7, 11) is 0. The van der Waals surface area contributed by atoms with Gasteiger partial charge in [-0.25, -0.2) is 0 Å². The molecule has 2 aromatic carbocycles. The zero-order valence-corrected chi connectivity index (χ0v) is 17.6. The van der Waals surface area contributed by atoms with Gasteiger partial charge in [0.2, 0.25) is 0 Å². The van der Waals surface area contributed by atoms with Gasteiger partial charge < -0.3 is 18.8 Å². The molecule has 7 heteroatoms. The number of amides is 1. The first-order valence-corrected chi connectivity index (χ1v) is 10.6. The van der Waals surface area contributed by atoms with Crippen LogP contribution < -0.4 is 14.3 Å². The van der Waals surface area contributed by atoms with Gasteiger partial charge in [0, 0.05) is 13.2 Å². The van der Waals surface area contributed by atoms with E-state index in [9.17, 15) is 4.79 Å². The Morgan fingerprint density at radius 1 is 1.00 bits per heavy atom. The molecule has 29 heavy (non-hydrogen) atoms. The van der Waals surface area contributed by atoms with Crippen molar-refractivity contribution in [1.29, 1.82) is 0 Å². The first-order chi connectivity index (χ1) is 14.2. The topological polar surface area (TPSA) is 62.1 Å². The zero-order chi connectivity index (χ0) is 20.5. The minimum absolute atomic E-state index is 0.212. The molecule has 1 amide bonds. The highest BCUT2D eigenvalue weighted by atomic mass is 32.1. The Labute approximate surface area is 174 Å². The number of ether oxygens (including phenoxy) is 3. The lowest BCUT2D eigenvalue weighted by atomic mass is 10.3. The summed E-state index contributed by atoms with van der Waals surface area (Å²) in [5.41, 5.74) is 0.950. The standard InChI is InChI=1S/C22H26N2O4S/c1-3-26-16-14-24-21-18(27-4-2)11-8-12-19(21)29-22(24)23-20(25)13-15-28-17-9-6-5-7-10-17/h5-12H,3-4,13-16H2,1-2H3. The van der Waals surface area contributed by atoms with E-state index in [1.165, 1.54) is 11.3 Å². The predicted molar refractivity (Wildman–Crippen MR) is 115 cm³/mol. The summed E-state index contributed by atoms with van der Waals surface area (Å²) >= 11 is 1.48. The fourth-order valence-corrected chi connectivity index (χ4v) is 3.99. The average molecular weight is 415 g/mol. The molecular formula is C22H26N2O4S. The fraction of sp³-hybridized carbons (Fsp3) is 0.364. The molecule has 0 aliphatic carbocycles. The highest BCUT2D eigenvalue weighted by Crippen LogP contribution is 2.27. The highest BCUT2D eigenvalue weighted by molar-refractivity contribution is 7.16. The highest BCUT2D eigenvalue weighted by Gasteiger charge is 2.13. The second kappa shape index (κ2) is 10.8. The molecule has 154 valence electrons. The average Bonchev–Trinajstić information content (AvgIpc) is 3.07. The first-order valence-electron chi connectivity index (χ1n) is 9.81. The molecule has 0 saturated heterocycles. The Bertz CT molecular complexity index is 995. The Hall–Kier alpha value is -2.64. The maximum absolute atomic E-state index is 12.5. The van der Waals surface area contributed by atoms with E-state index in [0.717, 1.165) is 21.7 Å². The monoisotopic (exact) mass is 414 g/mol. The van der Waals surface area contributed by atoms with Crippen LogP contribution in [0.2, 0.25) is 0 Å². The van der Waals surface area contributed by atoms with Crippen molar-refractivity contribution >= 4 is 27.5 Å². The third-order valence-electron chi connectivity index (χ3n) is 4.18. The minimum atomic E-state index is -0.212. The normalized spacial score (nSPS) is 11.7. The summed E-state index contributed by atoms with van der Waals surface area (Å²) in [6.45, 7) is 6.57. The number of carbonyl (C=O) groups is 1. The number of hydrogen-bond donors (Lipinski definition) is 0. The fourth-order valence-electron chi connectivity index (χ4n) is 2.90. The van der Waals surface area contributed by atoms with Crippen molar-refractivity contribution < 1.29 is 19.0 Å². The third-order valence-corrected chi connectivity index (χ3v) is 5.22. The van der Waals surface area contributed by atoms with Crippen molar-refractivity contribution in [2.45, 2.75) is 26.8 Å². The quantitative estimate of drug-likeness (QED) is 0.470. The van der Waals surface area contributed by atoms with Crippen LogP contribution in [0.1, 0.15) is 20.3 Å². The van der Waals surface area contributed by atoms with Crippen molar-refractivity contribution in [3.05, 3.63) is 53.3 Å². The van der Waals surface area contributed by atoms with Gasteiger partial charge in [-0.1, -0.05) is 35.6 Å². The smallest absolute Gasteiger partial charge is 0.251 e. The molecule has 0 N–H and O–H groups in total. The number of fused-ring (bicyclic) bond motifs is 1. The van der Waals surface area contributed by atoms with Crippen molar-refractivity contribution in [2.24, 2.45) is 4.99 Å². The van der Waals surface area contributed by atoms with Crippen molar-refractivity contribution in [3.8, 4) is 11.5 Å². The van der Waals surface area contributed by atoms with E-state index in [1.54, 1.807) is 0 Å². The number of rotatable bonds is 10. The molecule has 0 saturated carbocycles. The molecule has 3 aromatic rings. The summed E-state index contributed by atoms with van der Waals surface area (Å²) in [6, 6.07) is 15.4. The van der Waals surface area contributed by atoms with Crippen molar-refractivity contribution in [1.82, 2.24) is 4.57 Å². The number of hydrogen-bond acceptors (Lipinski definition) is 5. The van der Waals surface area contributed by atoms with E-state index in [2.05, 4.69) is 4.99 Å². The van der Waals surface area contributed by atoms with Crippen LogP contribution in [0.3, 0.4) is 0 Å². The van der Waals surface area contributed by atoms with Crippen LogP contribution in [0.25, 0.3) is 10.2 Å². The maximum atomic E-state index is 12.5. The summed E-state index contributed by atoms with van der Waals surface area (Å²) in [4.78, 5) is 17.5. The maximum Gasteiger partial charge on any atom is 0.251 e. The number of benzene rings is 2. The summed E-state index contributed by atoms with van der Waals surface area (Å²) < 4.78 is 20.0. The van der Waals surface area contributed by atoms with Crippen molar-refractivity contribution in [3.63, 3.8) is 0 Å². The molecule has 6 nitrogen and oxygen atoms in total. The van der Waals surface area contributed by atoms with Gasteiger partial charge in [-0.2, -0.15) is 4.99 Å². The summed E-state index contributed by atoms with van der Waals surface area (Å²) in [6.07, 6.45) is 0.215. The van der Waals surface area contributed by atoms with Gasteiger partial charge in [0.15, 0.2) is 4.80 Å². The van der Waals surface area contributed by atoms with E-state index < -0.39 is 0 Å². The lowest BCUT2D eigenvalue weighted by Gasteiger charge is -2.10. The molecule has 1 aromatic heterocycles. The van der Waals surface area contributed by atoms with Gasteiger partial charge >= 0.3 is 0 Å². The number of carbonyl (C=O) groups excluding carboxylic acids is 1. The Morgan fingerprint density at radius 2 is 1.83 bits per heavy atom. The molecule has 0 unspecified atom stereocenters. The Balaban J connectivity index is 1.83. The minimum Gasteiger partial charge on any atom is -0.493 e. The molecule has 0 aliphatic rings. The van der Waals surface area contributed by atoms with Crippen LogP contribution in [-0.4, -0.2) is 36.9 Å². The number of nitrogens with zero attached hydrogens (tertiary/aromatic N) is 2. The lowest BCUT2D eigenvalue weighted by molar-refractivity contribution is -0.118. The Morgan fingerprint density at radius 3 is 2.59 bits per heavy atom. The van der Waals surface area contributed by atoms with Crippen LogP contribution in [0.15, 0.2) is 53.5 Å². The third kappa shape index (κ3) is 5.68. The molecule has 3 rings (SSSR count). The summed E-state index contributed by atoms with van der Waals surface area (Å²) in [5.74, 6) is 1.32. The molecule has 0 bridgehead atoms.